The highest BCUT2D eigenvalue weighted by atomic mass is 32.2. The summed E-state index contributed by atoms with van der Waals surface area (Å²) in [5.74, 6) is 2.84. The van der Waals surface area contributed by atoms with Crippen molar-refractivity contribution >= 4 is 17.7 Å². The van der Waals surface area contributed by atoms with Gasteiger partial charge in [-0.15, -0.1) is 11.8 Å². The third-order valence-electron chi connectivity index (χ3n) is 3.86. The van der Waals surface area contributed by atoms with Crippen LogP contribution in [0.2, 0.25) is 0 Å². The van der Waals surface area contributed by atoms with E-state index in [1.165, 1.54) is 7.11 Å². The van der Waals surface area contributed by atoms with Crippen molar-refractivity contribution < 1.29 is 19.1 Å². The Balaban J connectivity index is 1.71. The van der Waals surface area contributed by atoms with Gasteiger partial charge in [-0.2, -0.15) is 0 Å². The van der Waals surface area contributed by atoms with Crippen LogP contribution >= 0.6 is 11.8 Å². The quantitative estimate of drug-likeness (QED) is 0.911. The molecule has 0 radical (unpaired) electrons. The number of hydrogen-bond acceptors (Lipinski definition) is 5. The van der Waals surface area contributed by atoms with Gasteiger partial charge in [-0.25, -0.2) is 0 Å². The minimum atomic E-state index is -0.0600. The molecule has 3 rings (SSSR count). The van der Waals surface area contributed by atoms with Crippen molar-refractivity contribution in [2.45, 2.75) is 18.7 Å². The lowest BCUT2D eigenvalue weighted by atomic mass is 10.1. The third kappa shape index (κ3) is 3.32. The molecular weight excluding hydrogens is 314 g/mol. The Morgan fingerprint density at radius 2 is 2.22 bits per heavy atom. The minimum Gasteiger partial charge on any atom is -0.504 e. The van der Waals surface area contributed by atoms with E-state index in [0.717, 1.165) is 17.1 Å². The molecule has 2 aromatic rings. The second-order valence-electron chi connectivity index (χ2n) is 5.46. The Bertz CT molecular complexity index is 712. The molecule has 1 saturated heterocycles. The first kappa shape index (κ1) is 15.8. The van der Waals surface area contributed by atoms with Crippen LogP contribution in [0, 0.1) is 6.92 Å². The Hall–Kier alpha value is -2.08. The monoisotopic (exact) mass is 333 g/mol. The number of furan rings is 1. The maximum atomic E-state index is 12.2. The van der Waals surface area contributed by atoms with Crippen molar-refractivity contribution in [3.63, 3.8) is 0 Å². The van der Waals surface area contributed by atoms with E-state index in [4.69, 9.17) is 9.15 Å². The number of benzene rings is 1. The summed E-state index contributed by atoms with van der Waals surface area (Å²) in [6.07, 6.45) is 0.694. The highest BCUT2D eigenvalue weighted by Crippen LogP contribution is 2.39. The number of aryl methyl sites for hydroxylation is 1. The first-order valence-electron chi connectivity index (χ1n) is 7.42. The van der Waals surface area contributed by atoms with E-state index in [-0.39, 0.29) is 17.0 Å². The van der Waals surface area contributed by atoms with Gasteiger partial charge in [0.15, 0.2) is 11.5 Å². The Kier molecular flexibility index (Phi) is 4.52. The maximum Gasteiger partial charge on any atom is 0.233 e. The van der Waals surface area contributed by atoms with Crippen molar-refractivity contribution in [1.29, 1.82) is 0 Å². The summed E-state index contributed by atoms with van der Waals surface area (Å²) in [5.41, 5.74) is 1.01. The molecular formula is C17H19NO4S. The number of thioether (sulfide) groups is 1. The molecule has 1 fully saturated rings. The van der Waals surface area contributed by atoms with Gasteiger partial charge in [0.05, 0.1) is 12.9 Å². The van der Waals surface area contributed by atoms with Gasteiger partial charge in [0.25, 0.3) is 0 Å². The van der Waals surface area contributed by atoms with Gasteiger partial charge in [-0.3, -0.25) is 4.79 Å². The number of aromatic hydroxyl groups is 1. The van der Waals surface area contributed by atoms with Gasteiger partial charge in [-0.1, -0.05) is 6.07 Å². The molecule has 0 saturated carbocycles. The summed E-state index contributed by atoms with van der Waals surface area (Å²) in [7, 11) is 1.52. The van der Waals surface area contributed by atoms with Crippen LogP contribution in [0.4, 0.5) is 0 Å². The molecule has 5 nitrogen and oxygen atoms in total. The zero-order valence-corrected chi connectivity index (χ0v) is 13.9. The number of carbonyl (C=O) groups excluding carboxylic acids is 1. The highest BCUT2D eigenvalue weighted by Gasteiger charge is 2.34. The molecule has 1 atom stereocenters. The first-order valence-corrected chi connectivity index (χ1v) is 8.46. The van der Waals surface area contributed by atoms with Gasteiger partial charge in [0, 0.05) is 6.54 Å². The molecule has 2 heterocycles. The van der Waals surface area contributed by atoms with Crippen LogP contribution in [-0.4, -0.2) is 35.3 Å². The normalized spacial score (nSPS) is 17.7. The number of methoxy groups -OCH3 is 1. The van der Waals surface area contributed by atoms with Crippen LogP contribution in [-0.2, 0) is 11.2 Å². The number of phenolic OH excluding ortho intramolecular Hbond substituents is 1. The smallest absolute Gasteiger partial charge is 0.233 e. The number of rotatable bonds is 5. The van der Waals surface area contributed by atoms with Crippen LogP contribution < -0.4 is 4.74 Å². The highest BCUT2D eigenvalue weighted by molar-refractivity contribution is 8.00. The molecule has 1 unspecified atom stereocenters. The van der Waals surface area contributed by atoms with Gasteiger partial charge < -0.3 is 19.2 Å². The molecule has 1 N–H and O–H groups in total. The Morgan fingerprint density at radius 3 is 2.91 bits per heavy atom. The second kappa shape index (κ2) is 6.58. The Labute approximate surface area is 139 Å². The lowest BCUT2D eigenvalue weighted by molar-refractivity contribution is -0.128. The van der Waals surface area contributed by atoms with E-state index in [2.05, 4.69) is 0 Å². The number of amides is 1. The fourth-order valence-electron chi connectivity index (χ4n) is 2.64. The SMILES string of the molecule is COc1cc(CCN2C(=O)CSC2c2ccc(C)o2)ccc1O. The van der Waals surface area contributed by atoms with Crippen LogP contribution in [0.5, 0.6) is 11.5 Å². The van der Waals surface area contributed by atoms with E-state index in [1.807, 2.05) is 30.0 Å². The minimum absolute atomic E-state index is 0.0600. The van der Waals surface area contributed by atoms with E-state index in [9.17, 15) is 9.90 Å². The first-order chi connectivity index (χ1) is 11.1. The Morgan fingerprint density at radius 1 is 1.39 bits per heavy atom. The molecule has 0 bridgehead atoms. The molecule has 1 aromatic carbocycles. The van der Waals surface area contributed by atoms with Gasteiger partial charge >= 0.3 is 0 Å². The summed E-state index contributed by atoms with van der Waals surface area (Å²) < 4.78 is 10.8. The topological polar surface area (TPSA) is 62.9 Å². The molecule has 1 amide bonds. The van der Waals surface area contributed by atoms with Crippen molar-refractivity contribution in [3.05, 3.63) is 47.4 Å². The molecule has 0 aliphatic carbocycles. The molecule has 1 aliphatic heterocycles. The molecule has 6 heteroatoms. The van der Waals surface area contributed by atoms with E-state index in [0.29, 0.717) is 24.5 Å². The molecule has 23 heavy (non-hydrogen) atoms. The van der Waals surface area contributed by atoms with E-state index in [1.54, 1.807) is 23.9 Å². The average Bonchev–Trinajstić information content (AvgIpc) is 3.12. The van der Waals surface area contributed by atoms with Crippen LogP contribution in [0.25, 0.3) is 0 Å². The third-order valence-corrected chi connectivity index (χ3v) is 5.07. The zero-order chi connectivity index (χ0) is 16.4. The lowest BCUT2D eigenvalue weighted by Crippen LogP contribution is -2.30. The van der Waals surface area contributed by atoms with Crippen LogP contribution in [0.1, 0.15) is 22.5 Å². The van der Waals surface area contributed by atoms with Crippen molar-refractivity contribution in [2.24, 2.45) is 0 Å². The van der Waals surface area contributed by atoms with Crippen molar-refractivity contribution in [3.8, 4) is 11.5 Å². The molecule has 1 aromatic heterocycles. The number of ether oxygens (including phenoxy) is 1. The average molecular weight is 333 g/mol. The molecule has 122 valence electrons. The van der Waals surface area contributed by atoms with Gasteiger partial charge in [0.1, 0.15) is 16.9 Å². The van der Waals surface area contributed by atoms with E-state index >= 15 is 0 Å². The standard InChI is InChI=1S/C17H19NO4S/c1-11-3-6-14(22-11)17-18(16(20)10-23-17)8-7-12-4-5-13(19)15(9-12)21-2/h3-6,9,17,19H,7-8,10H2,1-2H3. The van der Waals surface area contributed by atoms with E-state index < -0.39 is 0 Å². The van der Waals surface area contributed by atoms with Crippen molar-refractivity contribution in [1.82, 2.24) is 4.90 Å². The van der Waals surface area contributed by atoms with Crippen LogP contribution in [0.3, 0.4) is 0 Å². The van der Waals surface area contributed by atoms with Gasteiger partial charge in [0.2, 0.25) is 5.91 Å². The summed E-state index contributed by atoms with van der Waals surface area (Å²) in [6.45, 7) is 2.50. The molecule has 0 spiro atoms. The molecule has 1 aliphatic rings. The van der Waals surface area contributed by atoms with Crippen LogP contribution in [0.15, 0.2) is 34.7 Å². The largest absolute Gasteiger partial charge is 0.504 e. The predicted octanol–water partition coefficient (Wildman–Crippen LogP) is 3.12. The number of hydrogen-bond donors (Lipinski definition) is 1. The van der Waals surface area contributed by atoms with Crippen molar-refractivity contribution in [2.75, 3.05) is 19.4 Å². The maximum absolute atomic E-state index is 12.2. The number of carbonyl (C=O) groups is 1. The summed E-state index contributed by atoms with van der Waals surface area (Å²) >= 11 is 1.59. The fraction of sp³-hybridized carbons (Fsp3) is 0.353. The number of nitrogens with zero attached hydrogens (tertiary/aromatic N) is 1. The summed E-state index contributed by atoms with van der Waals surface area (Å²) in [4.78, 5) is 14.0. The summed E-state index contributed by atoms with van der Waals surface area (Å²) in [5, 5.41) is 9.58. The zero-order valence-electron chi connectivity index (χ0n) is 13.1. The fourth-order valence-corrected chi connectivity index (χ4v) is 3.80. The predicted molar refractivity (Wildman–Crippen MR) is 88.7 cm³/mol. The van der Waals surface area contributed by atoms with Gasteiger partial charge in [-0.05, 0) is 43.2 Å². The summed E-state index contributed by atoms with van der Waals surface area (Å²) in [6, 6.07) is 9.11. The number of phenols is 1. The second-order valence-corrected chi connectivity index (χ2v) is 6.52. The lowest BCUT2D eigenvalue weighted by Gasteiger charge is -2.22.